The summed E-state index contributed by atoms with van der Waals surface area (Å²) in [5, 5.41) is 13.4. The van der Waals surface area contributed by atoms with Crippen LogP contribution in [0.4, 0.5) is 11.4 Å². The zero-order chi connectivity index (χ0) is 18.7. The quantitative estimate of drug-likeness (QED) is 0.453. The fourth-order valence-corrected chi connectivity index (χ4v) is 2.85. The Hall–Kier alpha value is -2.89. The first-order valence-corrected chi connectivity index (χ1v) is 8.31. The van der Waals surface area contributed by atoms with E-state index in [4.69, 9.17) is 23.2 Å². The van der Waals surface area contributed by atoms with Gasteiger partial charge in [0.2, 0.25) is 0 Å². The summed E-state index contributed by atoms with van der Waals surface area (Å²) in [5.74, 6) is -0.392. The highest BCUT2D eigenvalue weighted by atomic mass is 35.5. The van der Waals surface area contributed by atoms with Crippen molar-refractivity contribution in [3.05, 3.63) is 92.5 Å². The molecule has 0 heterocycles. The van der Waals surface area contributed by atoms with Crippen LogP contribution in [-0.2, 0) is 0 Å². The number of nitrogens with one attached hydrogen (secondary N) is 1. The molecule has 0 aliphatic carbocycles. The highest BCUT2D eigenvalue weighted by molar-refractivity contribution is 6.37. The van der Waals surface area contributed by atoms with E-state index in [-0.39, 0.29) is 21.4 Å². The summed E-state index contributed by atoms with van der Waals surface area (Å²) < 4.78 is 0. The van der Waals surface area contributed by atoms with Crippen molar-refractivity contribution in [1.29, 1.82) is 0 Å². The molecule has 0 saturated heterocycles. The maximum atomic E-state index is 12.4. The molecule has 3 rings (SSSR count). The second kappa shape index (κ2) is 7.56. The first-order chi connectivity index (χ1) is 12.5. The van der Waals surface area contributed by atoms with E-state index in [2.05, 4.69) is 5.32 Å². The molecule has 0 bridgehead atoms. The average Bonchev–Trinajstić information content (AvgIpc) is 2.65. The van der Waals surface area contributed by atoms with Gasteiger partial charge < -0.3 is 5.32 Å². The van der Waals surface area contributed by atoms with Crippen molar-refractivity contribution >= 4 is 40.5 Å². The van der Waals surface area contributed by atoms with Crippen molar-refractivity contribution in [2.75, 3.05) is 5.32 Å². The smallest absolute Gasteiger partial charge is 0.289 e. The number of rotatable bonds is 4. The Bertz CT molecular complexity index is 974. The van der Waals surface area contributed by atoms with Crippen LogP contribution in [0.3, 0.4) is 0 Å². The Morgan fingerprint density at radius 2 is 1.50 bits per heavy atom. The minimum Gasteiger partial charge on any atom is -0.321 e. The fraction of sp³-hybridized carbons (Fsp3) is 0. The molecule has 0 aliphatic rings. The molecule has 0 fully saturated rings. The van der Waals surface area contributed by atoms with Gasteiger partial charge in [-0.3, -0.25) is 14.9 Å². The number of carbonyl (C=O) groups is 1. The summed E-state index contributed by atoms with van der Waals surface area (Å²) in [6.07, 6.45) is 0. The molecular weight excluding hydrogens is 375 g/mol. The lowest BCUT2D eigenvalue weighted by atomic mass is 10.0. The summed E-state index contributed by atoms with van der Waals surface area (Å²) in [6, 6.07) is 19.2. The topological polar surface area (TPSA) is 72.2 Å². The van der Waals surface area contributed by atoms with E-state index in [0.717, 1.165) is 17.2 Å². The highest BCUT2D eigenvalue weighted by Crippen LogP contribution is 2.34. The van der Waals surface area contributed by atoms with E-state index in [1.807, 2.05) is 42.5 Å². The molecule has 0 saturated carbocycles. The maximum absolute atomic E-state index is 12.4. The predicted octanol–water partition coefficient (Wildman–Crippen LogP) is 5.82. The predicted molar refractivity (Wildman–Crippen MR) is 103 cm³/mol. The molecule has 0 unspecified atom stereocenters. The van der Waals surface area contributed by atoms with Crippen molar-refractivity contribution in [2.45, 2.75) is 0 Å². The SMILES string of the molecule is O=C(Nc1cc(Cl)c([N+](=O)[O-])cc1Cl)c1ccc(-c2ccccc2)cc1. The van der Waals surface area contributed by atoms with E-state index in [1.165, 1.54) is 6.07 Å². The lowest BCUT2D eigenvalue weighted by Gasteiger charge is -2.09. The number of amides is 1. The number of anilines is 1. The Labute approximate surface area is 159 Å². The molecule has 3 aromatic rings. The van der Waals surface area contributed by atoms with Gasteiger partial charge in [-0.05, 0) is 29.3 Å². The number of hydrogen-bond donors (Lipinski definition) is 1. The van der Waals surface area contributed by atoms with E-state index < -0.39 is 10.8 Å². The monoisotopic (exact) mass is 386 g/mol. The number of nitro benzene ring substituents is 1. The van der Waals surface area contributed by atoms with Crippen LogP contribution in [-0.4, -0.2) is 10.8 Å². The molecule has 3 aromatic carbocycles. The van der Waals surface area contributed by atoms with E-state index in [9.17, 15) is 14.9 Å². The number of nitrogens with zero attached hydrogens (tertiary/aromatic N) is 1. The third-order valence-corrected chi connectivity index (χ3v) is 4.35. The number of hydrogen-bond acceptors (Lipinski definition) is 3. The van der Waals surface area contributed by atoms with Crippen molar-refractivity contribution in [1.82, 2.24) is 0 Å². The van der Waals surface area contributed by atoms with Crippen molar-refractivity contribution in [3.8, 4) is 11.1 Å². The normalized spacial score (nSPS) is 10.4. The van der Waals surface area contributed by atoms with Crippen LogP contribution in [0.5, 0.6) is 0 Å². The van der Waals surface area contributed by atoms with Crippen molar-refractivity contribution in [3.63, 3.8) is 0 Å². The van der Waals surface area contributed by atoms with Crippen LogP contribution >= 0.6 is 23.2 Å². The van der Waals surface area contributed by atoms with Gasteiger partial charge in [-0.1, -0.05) is 65.7 Å². The molecule has 0 aliphatic heterocycles. The van der Waals surface area contributed by atoms with Crippen LogP contribution in [0, 0.1) is 10.1 Å². The Morgan fingerprint density at radius 1 is 0.885 bits per heavy atom. The van der Waals surface area contributed by atoms with Gasteiger partial charge in [0.1, 0.15) is 5.02 Å². The standard InChI is InChI=1S/C19H12Cl2N2O3/c20-15-11-18(23(25)26)16(21)10-17(15)22-19(24)14-8-6-13(7-9-14)12-4-2-1-3-5-12/h1-11H,(H,22,24). The Morgan fingerprint density at radius 3 is 2.12 bits per heavy atom. The van der Waals surface area contributed by atoms with Gasteiger partial charge >= 0.3 is 0 Å². The molecule has 5 nitrogen and oxygen atoms in total. The third kappa shape index (κ3) is 3.85. The number of benzene rings is 3. The molecule has 26 heavy (non-hydrogen) atoms. The Kier molecular flexibility index (Phi) is 5.21. The van der Waals surface area contributed by atoms with Crippen LogP contribution in [0.15, 0.2) is 66.7 Å². The summed E-state index contributed by atoms with van der Waals surface area (Å²) in [7, 11) is 0. The van der Waals surface area contributed by atoms with Crippen molar-refractivity contribution in [2.24, 2.45) is 0 Å². The van der Waals surface area contributed by atoms with Crippen LogP contribution in [0.1, 0.15) is 10.4 Å². The van der Waals surface area contributed by atoms with Gasteiger partial charge in [-0.25, -0.2) is 0 Å². The van der Waals surface area contributed by atoms with Gasteiger partial charge in [0, 0.05) is 11.6 Å². The number of halogens is 2. The summed E-state index contributed by atoms with van der Waals surface area (Å²) in [5.41, 5.74) is 2.35. The lowest BCUT2D eigenvalue weighted by Crippen LogP contribution is -2.12. The molecule has 1 N–H and O–H groups in total. The van der Waals surface area contributed by atoms with Gasteiger partial charge in [0.25, 0.3) is 11.6 Å². The Balaban J connectivity index is 1.80. The van der Waals surface area contributed by atoms with Gasteiger partial charge in [-0.15, -0.1) is 0 Å². The van der Waals surface area contributed by atoms with E-state index in [1.54, 1.807) is 12.1 Å². The second-order valence-corrected chi connectivity index (χ2v) is 6.25. The summed E-state index contributed by atoms with van der Waals surface area (Å²) in [4.78, 5) is 22.6. The molecule has 0 aromatic heterocycles. The van der Waals surface area contributed by atoms with E-state index >= 15 is 0 Å². The molecule has 1 amide bonds. The molecule has 0 spiro atoms. The van der Waals surface area contributed by atoms with Gasteiger partial charge in [0.15, 0.2) is 0 Å². The first-order valence-electron chi connectivity index (χ1n) is 7.56. The second-order valence-electron chi connectivity index (χ2n) is 5.44. The highest BCUT2D eigenvalue weighted by Gasteiger charge is 2.17. The zero-order valence-corrected chi connectivity index (χ0v) is 14.8. The average molecular weight is 387 g/mol. The minimum atomic E-state index is -0.637. The summed E-state index contributed by atoms with van der Waals surface area (Å²) >= 11 is 11.9. The fourth-order valence-electron chi connectivity index (χ4n) is 2.41. The van der Waals surface area contributed by atoms with E-state index in [0.29, 0.717) is 5.56 Å². The third-order valence-electron chi connectivity index (χ3n) is 3.74. The maximum Gasteiger partial charge on any atom is 0.289 e. The molecule has 130 valence electrons. The number of nitro groups is 1. The zero-order valence-electron chi connectivity index (χ0n) is 13.3. The van der Waals surface area contributed by atoms with Crippen LogP contribution < -0.4 is 5.32 Å². The molecule has 0 radical (unpaired) electrons. The van der Waals surface area contributed by atoms with Crippen molar-refractivity contribution < 1.29 is 9.72 Å². The first kappa shape index (κ1) is 17.9. The largest absolute Gasteiger partial charge is 0.321 e. The summed E-state index contributed by atoms with van der Waals surface area (Å²) in [6.45, 7) is 0. The number of carbonyl (C=O) groups excluding carboxylic acids is 1. The lowest BCUT2D eigenvalue weighted by molar-refractivity contribution is -0.384. The molecular formula is C19H12Cl2N2O3. The van der Waals surface area contributed by atoms with Crippen LogP contribution in [0.2, 0.25) is 10.0 Å². The van der Waals surface area contributed by atoms with Gasteiger partial charge in [0.05, 0.1) is 15.6 Å². The molecule has 7 heteroatoms. The van der Waals surface area contributed by atoms with Gasteiger partial charge in [-0.2, -0.15) is 0 Å². The minimum absolute atomic E-state index is 0.0374. The molecule has 0 atom stereocenters. The van der Waals surface area contributed by atoms with Crippen LogP contribution in [0.25, 0.3) is 11.1 Å².